The Labute approximate surface area is 123 Å². The van der Waals surface area contributed by atoms with Crippen molar-refractivity contribution in [3.8, 4) is 11.1 Å². The zero-order valence-electron chi connectivity index (χ0n) is 13.3. The normalized spacial score (nSPS) is 10.8. The summed E-state index contributed by atoms with van der Waals surface area (Å²) in [6.45, 7) is 12.8. The van der Waals surface area contributed by atoms with E-state index in [1.165, 1.54) is 38.9 Å². The van der Waals surface area contributed by atoms with E-state index in [0.29, 0.717) is 0 Å². The summed E-state index contributed by atoms with van der Waals surface area (Å²) in [5.74, 6) is 0. The Bertz CT molecular complexity index is 588. The Morgan fingerprint density at radius 1 is 0.850 bits per heavy atom. The molecule has 2 rings (SSSR count). The van der Waals surface area contributed by atoms with Gasteiger partial charge in [0.1, 0.15) is 0 Å². The van der Waals surface area contributed by atoms with Crippen molar-refractivity contribution in [2.75, 3.05) is 6.54 Å². The second-order valence-corrected chi connectivity index (χ2v) is 5.71. The van der Waals surface area contributed by atoms with E-state index in [0.717, 1.165) is 13.1 Å². The third-order valence-corrected chi connectivity index (χ3v) is 3.78. The number of hydrogen-bond donors (Lipinski definition) is 1. The Morgan fingerprint density at radius 3 is 2.10 bits per heavy atom. The molecule has 0 aliphatic heterocycles. The molecule has 0 atom stereocenters. The molecule has 2 aromatic carbocycles. The maximum Gasteiger partial charge on any atom is 0.0211 e. The molecule has 0 unspecified atom stereocenters. The van der Waals surface area contributed by atoms with Gasteiger partial charge in [0.25, 0.3) is 0 Å². The molecule has 0 fully saturated rings. The molecule has 0 saturated carbocycles. The number of aryl methyl sites for hydroxylation is 4. The molecule has 20 heavy (non-hydrogen) atoms. The van der Waals surface area contributed by atoms with Gasteiger partial charge in [0, 0.05) is 6.54 Å². The van der Waals surface area contributed by atoms with Gasteiger partial charge in [-0.05, 0) is 62.1 Å². The third-order valence-electron chi connectivity index (χ3n) is 3.78. The summed E-state index contributed by atoms with van der Waals surface area (Å²) in [4.78, 5) is 0. The van der Waals surface area contributed by atoms with Crippen LogP contribution < -0.4 is 5.32 Å². The van der Waals surface area contributed by atoms with E-state index in [4.69, 9.17) is 0 Å². The van der Waals surface area contributed by atoms with Gasteiger partial charge in [0.2, 0.25) is 0 Å². The van der Waals surface area contributed by atoms with Gasteiger partial charge in [-0.1, -0.05) is 48.4 Å². The molecule has 0 aromatic heterocycles. The zero-order chi connectivity index (χ0) is 14.7. The van der Waals surface area contributed by atoms with Crippen LogP contribution in [0.4, 0.5) is 0 Å². The fourth-order valence-electron chi connectivity index (χ4n) is 2.94. The summed E-state index contributed by atoms with van der Waals surface area (Å²) in [7, 11) is 0. The molecular formula is C19H25N. The smallest absolute Gasteiger partial charge is 0.0211 e. The highest BCUT2D eigenvalue weighted by atomic mass is 14.8. The summed E-state index contributed by atoms with van der Waals surface area (Å²) in [5, 5.41) is 3.44. The predicted molar refractivity (Wildman–Crippen MR) is 88.2 cm³/mol. The SMILES string of the molecule is CCNCc1ccc(C)cc1-c1c(C)cc(C)cc1C. The molecule has 0 aliphatic rings. The van der Waals surface area contributed by atoms with Crippen LogP contribution in [0.25, 0.3) is 11.1 Å². The molecule has 1 nitrogen and oxygen atoms in total. The van der Waals surface area contributed by atoms with E-state index < -0.39 is 0 Å². The van der Waals surface area contributed by atoms with Crippen LogP contribution in [0.5, 0.6) is 0 Å². The van der Waals surface area contributed by atoms with Crippen LogP contribution in [0.1, 0.15) is 34.7 Å². The van der Waals surface area contributed by atoms with E-state index in [9.17, 15) is 0 Å². The lowest BCUT2D eigenvalue weighted by Gasteiger charge is -2.17. The second-order valence-electron chi connectivity index (χ2n) is 5.71. The number of hydrogen-bond acceptors (Lipinski definition) is 1. The molecule has 0 amide bonds. The molecular weight excluding hydrogens is 242 g/mol. The van der Waals surface area contributed by atoms with Gasteiger partial charge >= 0.3 is 0 Å². The third kappa shape index (κ3) is 3.10. The minimum Gasteiger partial charge on any atom is -0.313 e. The van der Waals surface area contributed by atoms with Crippen LogP contribution in [0, 0.1) is 27.7 Å². The average Bonchev–Trinajstić information content (AvgIpc) is 2.36. The molecule has 0 radical (unpaired) electrons. The van der Waals surface area contributed by atoms with Crippen molar-refractivity contribution in [1.29, 1.82) is 0 Å². The van der Waals surface area contributed by atoms with Gasteiger partial charge in [0.05, 0.1) is 0 Å². The molecule has 2 aromatic rings. The van der Waals surface area contributed by atoms with Gasteiger partial charge in [-0.25, -0.2) is 0 Å². The lowest BCUT2D eigenvalue weighted by Crippen LogP contribution is -2.12. The summed E-state index contributed by atoms with van der Waals surface area (Å²) in [5.41, 5.74) is 9.54. The van der Waals surface area contributed by atoms with Crippen LogP contribution in [0.3, 0.4) is 0 Å². The predicted octanol–water partition coefficient (Wildman–Crippen LogP) is 4.70. The fourth-order valence-corrected chi connectivity index (χ4v) is 2.94. The highest BCUT2D eigenvalue weighted by Crippen LogP contribution is 2.31. The maximum atomic E-state index is 3.44. The molecule has 1 N–H and O–H groups in total. The summed E-state index contributed by atoms with van der Waals surface area (Å²) in [6, 6.07) is 11.3. The molecule has 0 heterocycles. The van der Waals surface area contributed by atoms with Crippen molar-refractivity contribution in [3.05, 3.63) is 58.1 Å². The Balaban J connectivity index is 2.59. The van der Waals surface area contributed by atoms with E-state index in [1.54, 1.807) is 0 Å². The topological polar surface area (TPSA) is 12.0 Å². The highest BCUT2D eigenvalue weighted by Gasteiger charge is 2.11. The van der Waals surface area contributed by atoms with E-state index in [1.807, 2.05) is 0 Å². The van der Waals surface area contributed by atoms with Crippen molar-refractivity contribution in [1.82, 2.24) is 5.32 Å². The highest BCUT2D eigenvalue weighted by molar-refractivity contribution is 5.74. The van der Waals surface area contributed by atoms with Crippen molar-refractivity contribution >= 4 is 0 Å². The molecule has 0 bridgehead atoms. The fraction of sp³-hybridized carbons (Fsp3) is 0.368. The lowest BCUT2D eigenvalue weighted by molar-refractivity contribution is 0.727. The van der Waals surface area contributed by atoms with Crippen molar-refractivity contribution in [3.63, 3.8) is 0 Å². The van der Waals surface area contributed by atoms with Gasteiger partial charge in [-0.15, -0.1) is 0 Å². The quantitative estimate of drug-likeness (QED) is 0.847. The monoisotopic (exact) mass is 267 g/mol. The summed E-state index contributed by atoms with van der Waals surface area (Å²) < 4.78 is 0. The lowest BCUT2D eigenvalue weighted by atomic mass is 9.90. The largest absolute Gasteiger partial charge is 0.313 e. The summed E-state index contributed by atoms with van der Waals surface area (Å²) in [6.07, 6.45) is 0. The summed E-state index contributed by atoms with van der Waals surface area (Å²) >= 11 is 0. The first-order valence-corrected chi connectivity index (χ1v) is 7.41. The number of benzene rings is 2. The molecule has 0 spiro atoms. The molecule has 106 valence electrons. The Hall–Kier alpha value is -1.60. The second kappa shape index (κ2) is 6.23. The first-order valence-electron chi connectivity index (χ1n) is 7.41. The standard InChI is InChI=1S/C19H25N/c1-6-20-12-17-8-7-13(2)11-18(17)19-15(4)9-14(3)10-16(19)5/h7-11,20H,6,12H2,1-5H3. The number of nitrogens with one attached hydrogen (secondary N) is 1. The maximum absolute atomic E-state index is 3.44. The minimum atomic E-state index is 0.929. The molecule has 0 saturated heterocycles. The van der Waals surface area contributed by atoms with Crippen LogP contribution in [0.15, 0.2) is 30.3 Å². The Kier molecular flexibility index (Phi) is 4.61. The van der Waals surface area contributed by atoms with Crippen LogP contribution in [-0.2, 0) is 6.54 Å². The van der Waals surface area contributed by atoms with E-state index in [2.05, 4.69) is 70.3 Å². The molecule has 1 heteroatoms. The molecule has 0 aliphatic carbocycles. The van der Waals surface area contributed by atoms with Crippen LogP contribution in [-0.4, -0.2) is 6.54 Å². The zero-order valence-corrected chi connectivity index (χ0v) is 13.3. The first-order chi connectivity index (χ1) is 9.52. The van der Waals surface area contributed by atoms with Crippen LogP contribution in [0.2, 0.25) is 0 Å². The van der Waals surface area contributed by atoms with E-state index >= 15 is 0 Å². The Morgan fingerprint density at radius 2 is 1.50 bits per heavy atom. The van der Waals surface area contributed by atoms with Crippen molar-refractivity contribution < 1.29 is 0 Å². The number of rotatable bonds is 4. The van der Waals surface area contributed by atoms with Gasteiger partial charge in [0.15, 0.2) is 0 Å². The first kappa shape index (κ1) is 14.8. The van der Waals surface area contributed by atoms with E-state index in [-0.39, 0.29) is 0 Å². The van der Waals surface area contributed by atoms with Gasteiger partial charge < -0.3 is 5.32 Å². The van der Waals surface area contributed by atoms with Crippen LogP contribution >= 0.6 is 0 Å². The minimum absolute atomic E-state index is 0.929. The van der Waals surface area contributed by atoms with Crippen molar-refractivity contribution in [2.45, 2.75) is 41.2 Å². The van der Waals surface area contributed by atoms with Crippen molar-refractivity contribution in [2.24, 2.45) is 0 Å². The average molecular weight is 267 g/mol. The van der Waals surface area contributed by atoms with Gasteiger partial charge in [-0.3, -0.25) is 0 Å². The van der Waals surface area contributed by atoms with Gasteiger partial charge in [-0.2, -0.15) is 0 Å².